The van der Waals surface area contributed by atoms with Crippen molar-refractivity contribution in [2.24, 2.45) is 0 Å². The maximum absolute atomic E-state index is 10.8. The number of aldehydes is 2. The van der Waals surface area contributed by atoms with E-state index in [1.807, 2.05) is 0 Å². The van der Waals surface area contributed by atoms with Crippen molar-refractivity contribution in [1.82, 2.24) is 0 Å². The zero-order valence-electron chi connectivity index (χ0n) is 9.00. The molecule has 0 aliphatic carbocycles. The Morgan fingerprint density at radius 2 is 1.71 bits per heavy atom. The van der Waals surface area contributed by atoms with Crippen LogP contribution in [0.2, 0.25) is 0 Å². The Labute approximate surface area is 98.7 Å². The van der Waals surface area contributed by atoms with Gasteiger partial charge in [-0.05, 0) is 24.3 Å². The van der Waals surface area contributed by atoms with Crippen LogP contribution in [-0.2, 0) is 0 Å². The van der Waals surface area contributed by atoms with Gasteiger partial charge in [-0.2, -0.15) is 0 Å². The van der Waals surface area contributed by atoms with Crippen LogP contribution in [0, 0.1) is 0 Å². The van der Waals surface area contributed by atoms with E-state index in [-0.39, 0.29) is 0 Å². The molecule has 2 aromatic carbocycles. The van der Waals surface area contributed by atoms with E-state index >= 15 is 0 Å². The molecule has 0 unspecified atom stereocenters. The number of carbonyl (C=O) groups is 2. The minimum absolute atomic E-state index is 0.476. The van der Waals surface area contributed by atoms with Crippen molar-refractivity contribution in [3.05, 3.63) is 59.7 Å². The molecule has 0 N–H and O–H groups in total. The first-order valence-corrected chi connectivity index (χ1v) is 5.11. The van der Waals surface area contributed by atoms with Crippen LogP contribution < -0.4 is 4.74 Å². The Morgan fingerprint density at radius 3 is 2.47 bits per heavy atom. The van der Waals surface area contributed by atoms with Gasteiger partial charge in [0, 0.05) is 5.56 Å². The Bertz CT molecular complexity index is 547. The molecule has 17 heavy (non-hydrogen) atoms. The van der Waals surface area contributed by atoms with Gasteiger partial charge in [0.25, 0.3) is 0 Å². The van der Waals surface area contributed by atoms with Crippen LogP contribution in [0.3, 0.4) is 0 Å². The van der Waals surface area contributed by atoms with Gasteiger partial charge in [-0.15, -0.1) is 0 Å². The summed E-state index contributed by atoms with van der Waals surface area (Å²) in [6.07, 6.45) is 1.48. The quantitative estimate of drug-likeness (QED) is 0.752. The monoisotopic (exact) mass is 226 g/mol. The van der Waals surface area contributed by atoms with Crippen LogP contribution in [-0.4, -0.2) is 12.6 Å². The highest BCUT2D eigenvalue weighted by atomic mass is 16.5. The van der Waals surface area contributed by atoms with Gasteiger partial charge in [0.1, 0.15) is 17.8 Å². The maximum atomic E-state index is 10.8. The first kappa shape index (κ1) is 11.1. The summed E-state index contributed by atoms with van der Waals surface area (Å²) in [7, 11) is 0. The first-order valence-electron chi connectivity index (χ1n) is 5.11. The van der Waals surface area contributed by atoms with Crippen molar-refractivity contribution in [3.8, 4) is 11.5 Å². The third-order valence-electron chi connectivity index (χ3n) is 2.27. The molecule has 0 aromatic heterocycles. The average molecular weight is 226 g/mol. The maximum Gasteiger partial charge on any atom is 0.153 e. The summed E-state index contributed by atoms with van der Waals surface area (Å²) >= 11 is 0. The molecule has 3 nitrogen and oxygen atoms in total. The van der Waals surface area contributed by atoms with Crippen LogP contribution in [0.25, 0.3) is 0 Å². The van der Waals surface area contributed by atoms with Gasteiger partial charge in [0.05, 0.1) is 5.56 Å². The number of benzene rings is 2. The second kappa shape index (κ2) is 5.07. The molecule has 0 fully saturated rings. The molecule has 0 aliphatic rings. The van der Waals surface area contributed by atoms with Crippen LogP contribution >= 0.6 is 0 Å². The molecular weight excluding hydrogens is 216 g/mol. The fraction of sp³-hybridized carbons (Fsp3) is 0. The second-order valence-electron chi connectivity index (χ2n) is 3.45. The molecule has 2 rings (SSSR count). The fourth-order valence-corrected chi connectivity index (χ4v) is 1.45. The topological polar surface area (TPSA) is 43.4 Å². The largest absolute Gasteiger partial charge is 0.457 e. The molecule has 2 aromatic rings. The molecule has 0 radical (unpaired) electrons. The number of ether oxygens (including phenoxy) is 1. The summed E-state index contributed by atoms with van der Waals surface area (Å²) in [6, 6.07) is 13.7. The van der Waals surface area contributed by atoms with Crippen LogP contribution in [0.4, 0.5) is 0 Å². The molecule has 0 amide bonds. The van der Waals surface area contributed by atoms with E-state index in [0.29, 0.717) is 22.6 Å². The molecule has 3 heteroatoms. The SMILES string of the molecule is O=Cc1cccc(Oc2ccccc2C=O)c1. The summed E-state index contributed by atoms with van der Waals surface area (Å²) in [5, 5.41) is 0. The number of hydrogen-bond donors (Lipinski definition) is 0. The average Bonchev–Trinajstić information content (AvgIpc) is 2.39. The van der Waals surface area contributed by atoms with E-state index in [2.05, 4.69) is 0 Å². The number of carbonyl (C=O) groups excluding carboxylic acids is 2. The molecule has 0 heterocycles. The Kier molecular flexibility index (Phi) is 3.31. The molecule has 0 aliphatic heterocycles. The minimum atomic E-state index is 0.476. The highest BCUT2D eigenvalue weighted by Gasteiger charge is 2.03. The number of para-hydroxylation sites is 1. The fourth-order valence-electron chi connectivity index (χ4n) is 1.45. The lowest BCUT2D eigenvalue weighted by Crippen LogP contribution is -1.90. The van der Waals surface area contributed by atoms with Gasteiger partial charge in [-0.1, -0.05) is 24.3 Å². The molecule has 84 valence electrons. The highest BCUT2D eigenvalue weighted by molar-refractivity contribution is 5.79. The smallest absolute Gasteiger partial charge is 0.153 e. The Balaban J connectivity index is 2.30. The Hall–Kier alpha value is -2.42. The van der Waals surface area contributed by atoms with Crippen molar-refractivity contribution in [1.29, 1.82) is 0 Å². The van der Waals surface area contributed by atoms with Gasteiger partial charge in [-0.25, -0.2) is 0 Å². The highest BCUT2D eigenvalue weighted by Crippen LogP contribution is 2.24. The van der Waals surface area contributed by atoms with E-state index in [9.17, 15) is 9.59 Å². The zero-order valence-corrected chi connectivity index (χ0v) is 9.00. The molecule has 0 saturated heterocycles. The lowest BCUT2D eigenvalue weighted by atomic mass is 10.2. The third kappa shape index (κ3) is 2.58. The molecule has 0 bridgehead atoms. The second-order valence-corrected chi connectivity index (χ2v) is 3.45. The van der Waals surface area contributed by atoms with Crippen molar-refractivity contribution >= 4 is 12.6 Å². The number of rotatable bonds is 4. The van der Waals surface area contributed by atoms with E-state index in [4.69, 9.17) is 4.74 Å². The van der Waals surface area contributed by atoms with Gasteiger partial charge < -0.3 is 4.74 Å². The van der Waals surface area contributed by atoms with E-state index < -0.39 is 0 Å². The third-order valence-corrected chi connectivity index (χ3v) is 2.27. The summed E-state index contributed by atoms with van der Waals surface area (Å²) < 4.78 is 5.55. The van der Waals surface area contributed by atoms with Crippen molar-refractivity contribution < 1.29 is 14.3 Å². The molecule has 0 spiro atoms. The van der Waals surface area contributed by atoms with Gasteiger partial charge >= 0.3 is 0 Å². The predicted octanol–water partition coefficient (Wildman–Crippen LogP) is 3.10. The molecular formula is C14H10O3. The summed E-state index contributed by atoms with van der Waals surface area (Å²) in [4.78, 5) is 21.4. The minimum Gasteiger partial charge on any atom is -0.457 e. The van der Waals surface area contributed by atoms with E-state index in [0.717, 1.165) is 12.6 Å². The van der Waals surface area contributed by atoms with Crippen molar-refractivity contribution in [2.45, 2.75) is 0 Å². The summed E-state index contributed by atoms with van der Waals surface area (Å²) in [5.74, 6) is 1.01. The number of hydrogen-bond acceptors (Lipinski definition) is 3. The molecule has 0 atom stereocenters. The Morgan fingerprint density at radius 1 is 0.882 bits per heavy atom. The van der Waals surface area contributed by atoms with E-state index in [1.165, 1.54) is 0 Å². The van der Waals surface area contributed by atoms with Crippen molar-refractivity contribution in [2.75, 3.05) is 0 Å². The first-order chi connectivity index (χ1) is 8.33. The van der Waals surface area contributed by atoms with Gasteiger partial charge in [0.2, 0.25) is 0 Å². The summed E-state index contributed by atoms with van der Waals surface area (Å²) in [5.41, 5.74) is 1.01. The lowest BCUT2D eigenvalue weighted by molar-refractivity contribution is 0.111. The van der Waals surface area contributed by atoms with Crippen LogP contribution in [0.15, 0.2) is 48.5 Å². The molecule has 0 saturated carbocycles. The lowest BCUT2D eigenvalue weighted by Gasteiger charge is -2.07. The normalized spacial score (nSPS) is 9.65. The van der Waals surface area contributed by atoms with Crippen molar-refractivity contribution in [3.63, 3.8) is 0 Å². The van der Waals surface area contributed by atoms with Crippen LogP contribution in [0.1, 0.15) is 20.7 Å². The zero-order chi connectivity index (χ0) is 12.1. The van der Waals surface area contributed by atoms with Crippen LogP contribution in [0.5, 0.6) is 11.5 Å². The predicted molar refractivity (Wildman–Crippen MR) is 63.7 cm³/mol. The summed E-state index contributed by atoms with van der Waals surface area (Å²) in [6.45, 7) is 0. The van der Waals surface area contributed by atoms with E-state index in [1.54, 1.807) is 48.5 Å². The van der Waals surface area contributed by atoms with Gasteiger partial charge in [0.15, 0.2) is 6.29 Å². The van der Waals surface area contributed by atoms with Gasteiger partial charge in [-0.3, -0.25) is 9.59 Å². The standard InChI is InChI=1S/C14H10O3/c15-9-11-4-3-6-13(8-11)17-14-7-2-1-5-12(14)10-16/h1-10H.